The van der Waals surface area contributed by atoms with Crippen molar-refractivity contribution in [3.8, 4) is 0 Å². The number of nitrogens with two attached hydrogens (primary N) is 1. The average molecular weight is 202 g/mol. The number of benzene rings is 1. The molecule has 0 radical (unpaired) electrons. The molecule has 7 heteroatoms. The summed E-state index contributed by atoms with van der Waals surface area (Å²) in [6.07, 6.45) is -4.43. The fraction of sp³-hybridized carbons (Fsp3) is 0.143. The van der Waals surface area contributed by atoms with E-state index in [1.807, 2.05) is 0 Å². The molecular formula is C7H5F3N4. The Balaban J connectivity index is 2.77. The van der Waals surface area contributed by atoms with Crippen LogP contribution >= 0.6 is 0 Å². The van der Waals surface area contributed by atoms with Gasteiger partial charge in [0.25, 0.3) is 0 Å². The molecule has 0 saturated heterocycles. The zero-order chi connectivity index (χ0) is 10.3. The summed E-state index contributed by atoms with van der Waals surface area (Å²) in [7, 11) is 0. The third-order valence-electron chi connectivity index (χ3n) is 1.73. The van der Waals surface area contributed by atoms with Crippen LogP contribution in [0.5, 0.6) is 0 Å². The summed E-state index contributed by atoms with van der Waals surface area (Å²) >= 11 is 0. The highest BCUT2D eigenvalue weighted by Crippen LogP contribution is 2.32. The van der Waals surface area contributed by atoms with E-state index in [0.717, 1.165) is 6.07 Å². The van der Waals surface area contributed by atoms with E-state index in [1.165, 1.54) is 12.1 Å². The van der Waals surface area contributed by atoms with E-state index >= 15 is 0 Å². The molecule has 0 unspecified atom stereocenters. The van der Waals surface area contributed by atoms with Gasteiger partial charge in [0.1, 0.15) is 11.0 Å². The van der Waals surface area contributed by atoms with Crippen molar-refractivity contribution in [2.24, 2.45) is 0 Å². The lowest BCUT2D eigenvalue weighted by molar-refractivity contribution is -0.136. The van der Waals surface area contributed by atoms with E-state index in [1.54, 1.807) is 0 Å². The summed E-state index contributed by atoms with van der Waals surface area (Å²) < 4.78 is 37.2. The highest BCUT2D eigenvalue weighted by molar-refractivity contribution is 5.77. The average Bonchev–Trinajstić information content (AvgIpc) is 2.41. The van der Waals surface area contributed by atoms with Gasteiger partial charge in [-0.25, -0.2) is 0 Å². The van der Waals surface area contributed by atoms with Gasteiger partial charge in [0.05, 0.1) is 5.56 Å². The molecule has 1 aromatic carbocycles. The molecule has 0 aliphatic heterocycles. The Morgan fingerprint density at radius 3 is 2.57 bits per heavy atom. The normalized spacial score (nSPS) is 12.2. The standard InChI is InChI=1S/C7H5F3N4/c8-7(9,10)4-2-1-3-5-6(4)13-14(11)12-5/h1-3H,11H2. The van der Waals surface area contributed by atoms with E-state index in [2.05, 4.69) is 10.2 Å². The molecule has 0 amide bonds. The van der Waals surface area contributed by atoms with Gasteiger partial charge in [-0.05, 0) is 12.1 Å². The van der Waals surface area contributed by atoms with Crippen LogP contribution in [-0.4, -0.2) is 15.1 Å². The lowest BCUT2D eigenvalue weighted by Crippen LogP contribution is -2.12. The monoisotopic (exact) mass is 202 g/mol. The predicted molar refractivity (Wildman–Crippen MR) is 42.7 cm³/mol. The number of halogens is 3. The van der Waals surface area contributed by atoms with Gasteiger partial charge in [0.2, 0.25) is 0 Å². The quantitative estimate of drug-likeness (QED) is 0.652. The molecule has 0 bridgehead atoms. The molecule has 2 N–H and O–H groups in total. The number of hydrogen-bond acceptors (Lipinski definition) is 3. The van der Waals surface area contributed by atoms with Crippen molar-refractivity contribution in [2.75, 3.05) is 5.84 Å². The van der Waals surface area contributed by atoms with Gasteiger partial charge in [0.15, 0.2) is 0 Å². The minimum Gasteiger partial charge on any atom is -0.306 e. The second kappa shape index (κ2) is 2.60. The van der Waals surface area contributed by atoms with Gasteiger partial charge in [0, 0.05) is 0 Å². The van der Waals surface area contributed by atoms with Crippen LogP contribution in [0.3, 0.4) is 0 Å². The van der Waals surface area contributed by atoms with E-state index in [-0.39, 0.29) is 11.0 Å². The number of rotatable bonds is 0. The number of aromatic nitrogens is 3. The Kier molecular flexibility index (Phi) is 1.63. The molecule has 1 heterocycles. The minimum absolute atomic E-state index is 0.127. The number of alkyl halides is 3. The van der Waals surface area contributed by atoms with Gasteiger partial charge >= 0.3 is 6.18 Å². The lowest BCUT2D eigenvalue weighted by Gasteiger charge is -2.05. The van der Waals surface area contributed by atoms with Crippen molar-refractivity contribution in [3.63, 3.8) is 0 Å². The highest BCUT2D eigenvalue weighted by atomic mass is 19.4. The third kappa shape index (κ3) is 1.26. The van der Waals surface area contributed by atoms with Crippen LogP contribution in [0.1, 0.15) is 5.56 Å². The molecule has 74 valence electrons. The van der Waals surface area contributed by atoms with E-state index in [9.17, 15) is 13.2 Å². The SMILES string of the molecule is Nn1nc2cccc(C(F)(F)F)c2n1. The van der Waals surface area contributed by atoms with Crippen LogP contribution in [0.4, 0.5) is 13.2 Å². The second-order valence-electron chi connectivity index (χ2n) is 2.69. The van der Waals surface area contributed by atoms with Gasteiger partial charge < -0.3 is 5.84 Å². The summed E-state index contributed by atoms with van der Waals surface area (Å²) in [4.78, 5) is 0.625. The molecule has 2 aromatic rings. The summed E-state index contributed by atoms with van der Waals surface area (Å²) in [5.41, 5.74) is -0.934. The van der Waals surface area contributed by atoms with Crippen LogP contribution in [0.15, 0.2) is 18.2 Å². The molecule has 0 aliphatic carbocycles. The highest BCUT2D eigenvalue weighted by Gasteiger charge is 2.33. The Morgan fingerprint density at radius 2 is 1.93 bits per heavy atom. The summed E-state index contributed by atoms with van der Waals surface area (Å²) in [5.74, 6) is 5.13. The van der Waals surface area contributed by atoms with Crippen molar-refractivity contribution in [1.82, 2.24) is 15.1 Å². The smallest absolute Gasteiger partial charge is 0.306 e. The first-order chi connectivity index (χ1) is 6.48. The van der Waals surface area contributed by atoms with Crippen molar-refractivity contribution in [1.29, 1.82) is 0 Å². The molecule has 1 aromatic heterocycles. The molecule has 0 atom stereocenters. The predicted octanol–water partition coefficient (Wildman–Crippen LogP) is 1.16. The molecule has 0 fully saturated rings. The fourth-order valence-corrected chi connectivity index (χ4v) is 1.18. The number of hydrogen-bond donors (Lipinski definition) is 1. The van der Waals surface area contributed by atoms with Crippen LogP contribution in [0.25, 0.3) is 11.0 Å². The molecule has 4 nitrogen and oxygen atoms in total. The van der Waals surface area contributed by atoms with Crippen LogP contribution in [0.2, 0.25) is 0 Å². The lowest BCUT2D eigenvalue weighted by atomic mass is 10.2. The largest absolute Gasteiger partial charge is 0.418 e. The van der Waals surface area contributed by atoms with Crippen LogP contribution in [0, 0.1) is 0 Å². The first-order valence-electron chi connectivity index (χ1n) is 3.67. The maximum absolute atomic E-state index is 12.4. The Bertz CT molecular complexity index is 473. The molecule has 0 spiro atoms. The fourth-order valence-electron chi connectivity index (χ4n) is 1.18. The summed E-state index contributed by atoms with van der Waals surface area (Å²) in [6.45, 7) is 0. The van der Waals surface area contributed by atoms with Crippen molar-refractivity contribution >= 4 is 11.0 Å². The van der Waals surface area contributed by atoms with Gasteiger partial charge in [-0.15, -0.1) is 10.2 Å². The second-order valence-corrected chi connectivity index (χ2v) is 2.69. The van der Waals surface area contributed by atoms with Crippen molar-refractivity contribution in [3.05, 3.63) is 23.8 Å². The zero-order valence-corrected chi connectivity index (χ0v) is 6.78. The molecule has 0 saturated carbocycles. The summed E-state index contributed by atoms with van der Waals surface area (Å²) in [6, 6.07) is 3.62. The molecule has 0 aliphatic rings. The van der Waals surface area contributed by atoms with E-state index in [4.69, 9.17) is 5.84 Å². The molecular weight excluding hydrogens is 197 g/mol. The number of nitrogens with zero attached hydrogens (tertiary/aromatic N) is 3. The first kappa shape index (κ1) is 8.79. The first-order valence-corrected chi connectivity index (χ1v) is 3.67. The van der Waals surface area contributed by atoms with Crippen LogP contribution in [-0.2, 0) is 6.18 Å². The Morgan fingerprint density at radius 1 is 1.21 bits per heavy atom. The molecule has 2 rings (SSSR count). The topological polar surface area (TPSA) is 56.7 Å². The van der Waals surface area contributed by atoms with Crippen molar-refractivity contribution < 1.29 is 13.2 Å². The third-order valence-corrected chi connectivity index (χ3v) is 1.73. The van der Waals surface area contributed by atoms with Crippen molar-refractivity contribution in [2.45, 2.75) is 6.18 Å². The zero-order valence-electron chi connectivity index (χ0n) is 6.78. The van der Waals surface area contributed by atoms with Gasteiger partial charge in [-0.2, -0.15) is 13.2 Å². The Hall–Kier alpha value is -1.79. The maximum Gasteiger partial charge on any atom is 0.418 e. The maximum atomic E-state index is 12.4. The van der Waals surface area contributed by atoms with Gasteiger partial charge in [-0.1, -0.05) is 11.0 Å². The summed E-state index contributed by atoms with van der Waals surface area (Å²) in [5, 5.41) is 7.01. The Labute approximate surface area is 76.1 Å². The van der Waals surface area contributed by atoms with Gasteiger partial charge in [-0.3, -0.25) is 0 Å². The van der Waals surface area contributed by atoms with Crippen LogP contribution < -0.4 is 5.84 Å². The van der Waals surface area contributed by atoms with E-state index < -0.39 is 11.7 Å². The molecule has 14 heavy (non-hydrogen) atoms. The van der Waals surface area contributed by atoms with E-state index in [0.29, 0.717) is 4.91 Å². The minimum atomic E-state index is -4.43. The number of nitrogen functional groups attached to an aromatic ring is 1. The number of fused-ring (bicyclic) bond motifs is 1.